The maximum absolute atomic E-state index is 6.08. The summed E-state index contributed by atoms with van der Waals surface area (Å²) in [6.07, 6.45) is 6.23. The highest BCUT2D eigenvalue weighted by Crippen LogP contribution is 2.45. The summed E-state index contributed by atoms with van der Waals surface area (Å²) in [5.41, 5.74) is 0.552. The Labute approximate surface area is 147 Å². The molecule has 0 radical (unpaired) electrons. The van der Waals surface area contributed by atoms with E-state index in [-0.39, 0.29) is 5.60 Å². The highest BCUT2D eigenvalue weighted by Gasteiger charge is 2.44. The molecular weight excluding hydrogens is 300 g/mol. The van der Waals surface area contributed by atoms with E-state index in [0.29, 0.717) is 5.41 Å². The number of ether oxygens (including phenoxy) is 2. The molecule has 0 bridgehead atoms. The topological polar surface area (TPSA) is 24.9 Å². The summed E-state index contributed by atoms with van der Waals surface area (Å²) in [6.45, 7) is 13.5. The molecule has 2 unspecified atom stereocenters. The van der Waals surface area contributed by atoms with E-state index >= 15 is 0 Å². The maximum atomic E-state index is 6.08. The summed E-state index contributed by atoms with van der Waals surface area (Å²) in [5, 5.41) is 0. The van der Waals surface area contributed by atoms with Crippen LogP contribution < -0.4 is 0 Å². The smallest absolute Gasteiger partial charge is 0.0657 e. The van der Waals surface area contributed by atoms with Crippen LogP contribution in [0.2, 0.25) is 0 Å². The molecule has 3 aliphatic heterocycles. The molecule has 3 rings (SSSR count). The standard InChI is InChI=1S/C20H34N2O2/c1-3-19(2)17-20(8-14-24-19)7-6-11-22(18-20)10-5-4-9-21-12-15-23-16-13-21/h3,6-18H2,1-2H3. The van der Waals surface area contributed by atoms with Gasteiger partial charge in [-0.3, -0.25) is 9.80 Å². The van der Waals surface area contributed by atoms with Gasteiger partial charge < -0.3 is 9.47 Å². The molecule has 1 spiro atoms. The fourth-order valence-corrected chi connectivity index (χ4v) is 4.56. The quantitative estimate of drug-likeness (QED) is 0.740. The number of piperidine rings is 1. The Morgan fingerprint density at radius 2 is 1.71 bits per heavy atom. The van der Waals surface area contributed by atoms with E-state index in [1.54, 1.807) is 0 Å². The first-order chi connectivity index (χ1) is 11.6. The van der Waals surface area contributed by atoms with E-state index in [9.17, 15) is 0 Å². The normalized spacial score (nSPS) is 35.6. The van der Waals surface area contributed by atoms with Gasteiger partial charge in [0.1, 0.15) is 0 Å². The summed E-state index contributed by atoms with van der Waals surface area (Å²) in [5.74, 6) is 6.80. The molecule has 0 aromatic heterocycles. The number of rotatable bonds is 3. The lowest BCUT2D eigenvalue weighted by atomic mass is 9.68. The first-order valence-corrected chi connectivity index (χ1v) is 9.75. The molecule has 3 saturated heterocycles. The second-order valence-electron chi connectivity index (χ2n) is 8.13. The van der Waals surface area contributed by atoms with Crippen LogP contribution >= 0.6 is 0 Å². The van der Waals surface area contributed by atoms with E-state index < -0.39 is 0 Å². The van der Waals surface area contributed by atoms with Gasteiger partial charge in [0.2, 0.25) is 0 Å². The molecule has 2 atom stereocenters. The van der Waals surface area contributed by atoms with Crippen LogP contribution in [0.3, 0.4) is 0 Å². The summed E-state index contributed by atoms with van der Waals surface area (Å²) >= 11 is 0. The molecule has 0 amide bonds. The van der Waals surface area contributed by atoms with Gasteiger partial charge in [0, 0.05) is 26.2 Å². The second kappa shape index (κ2) is 8.19. The van der Waals surface area contributed by atoms with Crippen molar-refractivity contribution in [2.75, 3.05) is 59.1 Å². The molecule has 0 saturated carbocycles. The fourth-order valence-electron chi connectivity index (χ4n) is 4.56. The highest BCUT2D eigenvalue weighted by atomic mass is 16.5. The Morgan fingerprint density at radius 1 is 0.958 bits per heavy atom. The summed E-state index contributed by atoms with van der Waals surface area (Å²) in [7, 11) is 0. The summed E-state index contributed by atoms with van der Waals surface area (Å²) in [4.78, 5) is 4.97. The zero-order valence-corrected chi connectivity index (χ0v) is 15.6. The van der Waals surface area contributed by atoms with Gasteiger partial charge in [0.05, 0.1) is 31.9 Å². The average molecular weight is 335 g/mol. The van der Waals surface area contributed by atoms with Gasteiger partial charge >= 0.3 is 0 Å². The number of hydrogen-bond donors (Lipinski definition) is 0. The number of hydrogen-bond acceptors (Lipinski definition) is 4. The van der Waals surface area contributed by atoms with Crippen molar-refractivity contribution in [3.8, 4) is 11.8 Å². The third kappa shape index (κ3) is 4.73. The van der Waals surface area contributed by atoms with Gasteiger partial charge in [-0.2, -0.15) is 0 Å². The van der Waals surface area contributed by atoms with Crippen LogP contribution in [0, 0.1) is 17.3 Å². The lowest BCUT2D eigenvalue weighted by molar-refractivity contribution is -0.132. The Morgan fingerprint density at radius 3 is 2.46 bits per heavy atom. The van der Waals surface area contributed by atoms with Crippen molar-refractivity contribution in [3.05, 3.63) is 0 Å². The van der Waals surface area contributed by atoms with Crippen molar-refractivity contribution in [2.24, 2.45) is 5.41 Å². The Balaban J connectivity index is 1.49. The molecule has 0 aromatic carbocycles. The predicted molar refractivity (Wildman–Crippen MR) is 97.0 cm³/mol. The van der Waals surface area contributed by atoms with Crippen LogP contribution in [-0.4, -0.2) is 74.5 Å². The van der Waals surface area contributed by atoms with Crippen molar-refractivity contribution in [2.45, 2.75) is 51.6 Å². The van der Waals surface area contributed by atoms with Crippen LogP contribution in [0.4, 0.5) is 0 Å². The van der Waals surface area contributed by atoms with Gasteiger partial charge in [-0.05, 0) is 51.0 Å². The first-order valence-electron chi connectivity index (χ1n) is 9.75. The lowest BCUT2D eigenvalue weighted by Crippen LogP contribution is -2.51. The van der Waals surface area contributed by atoms with Crippen LogP contribution in [0.1, 0.15) is 46.0 Å². The molecular formula is C20H34N2O2. The van der Waals surface area contributed by atoms with Crippen molar-refractivity contribution < 1.29 is 9.47 Å². The molecule has 4 heteroatoms. The van der Waals surface area contributed by atoms with E-state index in [4.69, 9.17) is 9.47 Å². The first kappa shape index (κ1) is 18.2. The molecule has 3 heterocycles. The minimum absolute atomic E-state index is 0.0866. The number of likely N-dealkylation sites (tertiary alicyclic amines) is 1. The average Bonchev–Trinajstić information content (AvgIpc) is 2.60. The zero-order chi connectivity index (χ0) is 16.9. The minimum Gasteiger partial charge on any atom is -0.379 e. The van der Waals surface area contributed by atoms with Gasteiger partial charge in [0.25, 0.3) is 0 Å². The molecule has 0 aromatic rings. The molecule has 0 aliphatic carbocycles. The molecule has 4 nitrogen and oxygen atoms in total. The molecule has 0 N–H and O–H groups in total. The third-order valence-corrected chi connectivity index (χ3v) is 6.15. The predicted octanol–water partition coefficient (Wildman–Crippen LogP) is 2.38. The monoisotopic (exact) mass is 334 g/mol. The SMILES string of the molecule is CCC1(C)CC2(CCCN(CC#CCN3CCOCC3)C2)CCO1. The highest BCUT2D eigenvalue weighted by molar-refractivity contribution is 5.05. The maximum Gasteiger partial charge on any atom is 0.0657 e. The van der Waals surface area contributed by atoms with Crippen LogP contribution in [0.15, 0.2) is 0 Å². The molecule has 3 fully saturated rings. The summed E-state index contributed by atoms with van der Waals surface area (Å²) < 4.78 is 11.5. The fraction of sp³-hybridized carbons (Fsp3) is 0.900. The van der Waals surface area contributed by atoms with Crippen molar-refractivity contribution in [1.29, 1.82) is 0 Å². The molecule has 3 aliphatic rings. The van der Waals surface area contributed by atoms with Gasteiger partial charge in [0.15, 0.2) is 0 Å². The molecule has 24 heavy (non-hydrogen) atoms. The minimum atomic E-state index is 0.0866. The third-order valence-electron chi connectivity index (χ3n) is 6.15. The van der Waals surface area contributed by atoms with E-state index in [2.05, 4.69) is 35.5 Å². The Kier molecular flexibility index (Phi) is 6.21. The second-order valence-corrected chi connectivity index (χ2v) is 8.13. The van der Waals surface area contributed by atoms with Crippen LogP contribution in [0.5, 0.6) is 0 Å². The number of nitrogens with zero attached hydrogens (tertiary/aromatic N) is 2. The van der Waals surface area contributed by atoms with E-state index in [1.807, 2.05) is 0 Å². The largest absolute Gasteiger partial charge is 0.379 e. The van der Waals surface area contributed by atoms with E-state index in [1.165, 1.54) is 38.8 Å². The summed E-state index contributed by atoms with van der Waals surface area (Å²) in [6, 6.07) is 0. The number of morpholine rings is 1. The van der Waals surface area contributed by atoms with E-state index in [0.717, 1.165) is 52.4 Å². The van der Waals surface area contributed by atoms with Gasteiger partial charge in [-0.25, -0.2) is 0 Å². The van der Waals surface area contributed by atoms with Crippen molar-refractivity contribution >= 4 is 0 Å². The van der Waals surface area contributed by atoms with Crippen LogP contribution in [-0.2, 0) is 9.47 Å². The van der Waals surface area contributed by atoms with Crippen molar-refractivity contribution in [3.63, 3.8) is 0 Å². The lowest BCUT2D eigenvalue weighted by Gasteiger charge is -2.50. The Bertz CT molecular complexity index is 462. The van der Waals surface area contributed by atoms with Crippen molar-refractivity contribution in [1.82, 2.24) is 9.80 Å². The van der Waals surface area contributed by atoms with Gasteiger partial charge in [-0.15, -0.1) is 0 Å². The van der Waals surface area contributed by atoms with Crippen LogP contribution in [0.25, 0.3) is 0 Å². The van der Waals surface area contributed by atoms with Gasteiger partial charge in [-0.1, -0.05) is 18.8 Å². The Hall–Kier alpha value is -0.600. The zero-order valence-electron chi connectivity index (χ0n) is 15.6. The molecule has 136 valence electrons.